The van der Waals surface area contributed by atoms with Gasteiger partial charge in [0.05, 0.1) is 12.7 Å². The highest BCUT2D eigenvalue weighted by atomic mass is 35.5. The van der Waals surface area contributed by atoms with E-state index in [1.165, 1.54) is 11.8 Å². The Kier molecular flexibility index (Phi) is 9.35. The van der Waals surface area contributed by atoms with Gasteiger partial charge in [-0.15, -0.1) is 11.8 Å². The fraction of sp³-hybridized carbons (Fsp3) is 0.387. The van der Waals surface area contributed by atoms with Crippen molar-refractivity contribution in [1.82, 2.24) is 0 Å². The van der Waals surface area contributed by atoms with Gasteiger partial charge in [-0.3, -0.25) is 4.79 Å². The van der Waals surface area contributed by atoms with Gasteiger partial charge in [0, 0.05) is 27.3 Å². The molecule has 1 unspecified atom stereocenters. The summed E-state index contributed by atoms with van der Waals surface area (Å²) < 4.78 is 11.7. The van der Waals surface area contributed by atoms with Gasteiger partial charge in [-0.1, -0.05) is 41.9 Å². The van der Waals surface area contributed by atoms with E-state index in [-0.39, 0.29) is 11.8 Å². The van der Waals surface area contributed by atoms with Gasteiger partial charge >= 0.3 is 0 Å². The SMILES string of the molecule is CCOc1ccc(Cc2cc([C@@H]3O[C@H](CSc4cccc(NC(=O)C5CC5)c4)[C@H](O)C(O)[C@H]3O)ccc2Cl)cc1. The molecular weight excluding hydrogens is 550 g/mol. The van der Waals surface area contributed by atoms with Crippen molar-refractivity contribution in [2.75, 3.05) is 17.7 Å². The zero-order chi connectivity index (χ0) is 28.2. The number of rotatable bonds is 10. The average molecular weight is 584 g/mol. The number of ether oxygens (including phenoxy) is 2. The second-order valence-corrected chi connectivity index (χ2v) is 11.8. The Morgan fingerprint density at radius 3 is 2.52 bits per heavy atom. The first-order chi connectivity index (χ1) is 19.3. The molecule has 3 aromatic rings. The Morgan fingerprint density at radius 2 is 1.80 bits per heavy atom. The molecule has 1 aliphatic carbocycles. The topological polar surface area (TPSA) is 108 Å². The Balaban J connectivity index is 1.27. The summed E-state index contributed by atoms with van der Waals surface area (Å²) in [7, 11) is 0. The summed E-state index contributed by atoms with van der Waals surface area (Å²) in [6.45, 7) is 2.54. The van der Waals surface area contributed by atoms with Crippen LogP contribution in [0.1, 0.15) is 42.6 Å². The molecule has 1 saturated heterocycles. The third-order valence-electron chi connectivity index (χ3n) is 7.20. The highest BCUT2D eigenvalue weighted by Crippen LogP contribution is 2.37. The molecule has 0 aromatic heterocycles. The molecule has 7 nitrogen and oxygen atoms in total. The van der Waals surface area contributed by atoms with Crippen molar-refractivity contribution in [2.45, 2.75) is 61.6 Å². The van der Waals surface area contributed by atoms with E-state index in [1.807, 2.05) is 61.5 Å². The molecule has 5 rings (SSSR count). The molecule has 4 N–H and O–H groups in total. The maximum Gasteiger partial charge on any atom is 0.227 e. The molecule has 0 bridgehead atoms. The van der Waals surface area contributed by atoms with E-state index in [1.54, 1.807) is 12.1 Å². The van der Waals surface area contributed by atoms with Crippen LogP contribution in [0.2, 0.25) is 5.02 Å². The molecule has 5 atom stereocenters. The number of benzene rings is 3. The van der Waals surface area contributed by atoms with Crippen molar-refractivity contribution in [3.8, 4) is 5.75 Å². The van der Waals surface area contributed by atoms with Gasteiger partial charge in [-0.2, -0.15) is 0 Å². The Morgan fingerprint density at radius 1 is 1.02 bits per heavy atom. The van der Waals surface area contributed by atoms with Gasteiger partial charge in [0.25, 0.3) is 0 Å². The number of aliphatic hydroxyl groups is 3. The first-order valence-electron chi connectivity index (χ1n) is 13.6. The zero-order valence-corrected chi connectivity index (χ0v) is 23.8. The van der Waals surface area contributed by atoms with Gasteiger partial charge in [0.15, 0.2) is 0 Å². The number of thioether (sulfide) groups is 1. The number of aliphatic hydroxyl groups excluding tert-OH is 3. The Bertz CT molecular complexity index is 1320. The van der Waals surface area contributed by atoms with E-state index in [0.29, 0.717) is 29.4 Å². The van der Waals surface area contributed by atoms with Crippen molar-refractivity contribution in [3.63, 3.8) is 0 Å². The highest BCUT2D eigenvalue weighted by molar-refractivity contribution is 7.99. The van der Waals surface area contributed by atoms with Crippen LogP contribution in [0.25, 0.3) is 0 Å². The standard InChI is InChI=1S/C31H34ClNO6S/c1-2-38-23-11-6-18(7-12-23)14-21-15-20(10-13-25(21)32)30-29(36)28(35)27(34)26(39-30)17-40-24-5-3-4-22(16-24)33-31(37)19-8-9-19/h3-7,10-13,15-16,19,26-30,34-36H,2,8-9,14,17H2,1H3,(H,33,37)/t26-,27+,28?,29-,30+/m1/s1. The van der Waals surface area contributed by atoms with E-state index >= 15 is 0 Å². The van der Waals surface area contributed by atoms with E-state index < -0.39 is 30.5 Å². The summed E-state index contributed by atoms with van der Waals surface area (Å²) in [6.07, 6.45) is -3.08. The van der Waals surface area contributed by atoms with Crippen LogP contribution in [0.15, 0.2) is 71.6 Å². The minimum Gasteiger partial charge on any atom is -0.494 e. The largest absolute Gasteiger partial charge is 0.494 e. The second-order valence-electron chi connectivity index (χ2n) is 10.3. The summed E-state index contributed by atoms with van der Waals surface area (Å²) >= 11 is 7.97. The number of amides is 1. The van der Waals surface area contributed by atoms with Crippen LogP contribution in [-0.2, 0) is 16.0 Å². The van der Waals surface area contributed by atoms with Crippen molar-refractivity contribution >= 4 is 35.0 Å². The van der Waals surface area contributed by atoms with Crippen LogP contribution in [0, 0.1) is 5.92 Å². The maximum absolute atomic E-state index is 12.1. The van der Waals surface area contributed by atoms with Crippen LogP contribution in [0.4, 0.5) is 5.69 Å². The number of hydrogen-bond acceptors (Lipinski definition) is 7. The lowest BCUT2D eigenvalue weighted by Crippen LogP contribution is -2.54. The minimum atomic E-state index is -1.38. The van der Waals surface area contributed by atoms with Gasteiger partial charge < -0.3 is 30.1 Å². The lowest BCUT2D eigenvalue weighted by atomic mass is 9.90. The third kappa shape index (κ3) is 7.00. The molecule has 2 fully saturated rings. The van der Waals surface area contributed by atoms with Gasteiger partial charge in [0.1, 0.15) is 30.2 Å². The molecule has 1 amide bonds. The molecule has 212 valence electrons. The quantitative estimate of drug-likeness (QED) is 0.249. The smallest absolute Gasteiger partial charge is 0.227 e. The van der Waals surface area contributed by atoms with Crippen molar-refractivity contribution in [3.05, 3.63) is 88.4 Å². The van der Waals surface area contributed by atoms with Crippen LogP contribution >= 0.6 is 23.4 Å². The number of anilines is 1. The van der Waals surface area contributed by atoms with Gasteiger partial charge in [-0.05, 0) is 79.3 Å². The average Bonchev–Trinajstić information content (AvgIpc) is 3.80. The van der Waals surface area contributed by atoms with Crippen molar-refractivity contribution in [1.29, 1.82) is 0 Å². The second kappa shape index (κ2) is 12.9. The van der Waals surface area contributed by atoms with Crippen LogP contribution < -0.4 is 10.1 Å². The van der Waals surface area contributed by atoms with E-state index in [0.717, 1.165) is 40.3 Å². The number of halogens is 1. The van der Waals surface area contributed by atoms with E-state index in [2.05, 4.69) is 5.32 Å². The molecule has 2 aliphatic rings. The fourth-order valence-corrected chi connectivity index (χ4v) is 5.99. The highest BCUT2D eigenvalue weighted by Gasteiger charge is 2.44. The molecule has 0 spiro atoms. The van der Waals surface area contributed by atoms with Crippen LogP contribution in [0.3, 0.4) is 0 Å². The molecule has 9 heteroatoms. The van der Waals surface area contributed by atoms with Crippen molar-refractivity contribution in [2.24, 2.45) is 5.92 Å². The van der Waals surface area contributed by atoms with Gasteiger partial charge in [0.2, 0.25) is 5.91 Å². The summed E-state index contributed by atoms with van der Waals surface area (Å²) in [5.41, 5.74) is 3.30. The number of carbonyl (C=O) groups is 1. The minimum absolute atomic E-state index is 0.0398. The number of nitrogens with one attached hydrogen (secondary N) is 1. The summed E-state index contributed by atoms with van der Waals surface area (Å²) in [6, 6.07) is 20.7. The summed E-state index contributed by atoms with van der Waals surface area (Å²) in [5.74, 6) is 1.30. The lowest BCUT2D eigenvalue weighted by molar-refractivity contribution is -0.218. The third-order valence-corrected chi connectivity index (χ3v) is 8.65. The van der Waals surface area contributed by atoms with Crippen molar-refractivity contribution < 1.29 is 29.6 Å². The van der Waals surface area contributed by atoms with Crippen LogP contribution in [0.5, 0.6) is 5.75 Å². The molecule has 1 saturated carbocycles. The predicted octanol–water partition coefficient (Wildman–Crippen LogP) is 4.99. The van der Waals surface area contributed by atoms with Crippen LogP contribution in [-0.4, -0.2) is 58.0 Å². The Labute approximate surface area is 243 Å². The first kappa shape index (κ1) is 28.9. The summed E-state index contributed by atoms with van der Waals surface area (Å²) in [5, 5.41) is 35.8. The fourth-order valence-electron chi connectivity index (χ4n) is 4.79. The van der Waals surface area contributed by atoms with E-state index in [4.69, 9.17) is 21.1 Å². The number of carbonyl (C=O) groups excluding carboxylic acids is 1. The Hall–Kier alpha value is -2.59. The molecule has 1 heterocycles. The monoisotopic (exact) mass is 583 g/mol. The molecule has 40 heavy (non-hydrogen) atoms. The summed E-state index contributed by atoms with van der Waals surface area (Å²) in [4.78, 5) is 13.0. The van der Waals surface area contributed by atoms with E-state index in [9.17, 15) is 20.1 Å². The molecular formula is C31H34ClNO6S. The number of hydrogen-bond donors (Lipinski definition) is 4. The zero-order valence-electron chi connectivity index (χ0n) is 22.2. The molecule has 1 aliphatic heterocycles. The predicted molar refractivity (Wildman–Crippen MR) is 156 cm³/mol. The van der Waals surface area contributed by atoms with Gasteiger partial charge in [-0.25, -0.2) is 0 Å². The lowest BCUT2D eigenvalue weighted by Gasteiger charge is -2.41. The molecule has 3 aromatic carbocycles. The first-order valence-corrected chi connectivity index (χ1v) is 14.9. The normalized spacial score (nSPS) is 24.5. The molecule has 0 radical (unpaired) electrons. The maximum atomic E-state index is 12.1.